The molecule has 3 atom stereocenters. The molecule has 0 aromatic carbocycles. The fourth-order valence-electron chi connectivity index (χ4n) is 4.83. The van der Waals surface area contributed by atoms with Crippen LogP contribution >= 0.6 is 0 Å². The molecule has 4 nitrogen and oxygen atoms in total. The van der Waals surface area contributed by atoms with Gasteiger partial charge in [0.15, 0.2) is 0 Å². The van der Waals surface area contributed by atoms with E-state index < -0.39 is 0 Å². The van der Waals surface area contributed by atoms with E-state index in [4.69, 9.17) is 4.74 Å². The molecule has 3 aliphatic rings. The highest BCUT2D eigenvalue weighted by atomic mass is 16.5. The second kappa shape index (κ2) is 4.99. The minimum Gasteiger partial charge on any atom is -0.378 e. The van der Waals surface area contributed by atoms with Crippen molar-refractivity contribution in [2.24, 2.45) is 10.8 Å². The van der Waals surface area contributed by atoms with Gasteiger partial charge in [-0.2, -0.15) is 0 Å². The third-order valence-electron chi connectivity index (χ3n) is 5.15. The summed E-state index contributed by atoms with van der Waals surface area (Å²) in [4.78, 5) is 14.8. The van der Waals surface area contributed by atoms with Gasteiger partial charge in [-0.05, 0) is 30.1 Å². The quantitative estimate of drug-likeness (QED) is 0.838. The summed E-state index contributed by atoms with van der Waals surface area (Å²) in [5.74, 6) is 0.319. The Hall–Kier alpha value is -0.610. The molecule has 1 aliphatic carbocycles. The summed E-state index contributed by atoms with van der Waals surface area (Å²) in [6.07, 6.45) is 4.18. The first-order valence-corrected chi connectivity index (χ1v) is 7.98. The smallest absolute Gasteiger partial charge is 0.224 e. The van der Waals surface area contributed by atoms with Crippen LogP contribution in [0.15, 0.2) is 0 Å². The molecule has 3 rings (SSSR count). The highest BCUT2D eigenvalue weighted by molar-refractivity contribution is 5.77. The van der Waals surface area contributed by atoms with E-state index in [2.05, 4.69) is 31.0 Å². The zero-order valence-corrected chi connectivity index (χ0v) is 13.1. The zero-order valence-electron chi connectivity index (χ0n) is 13.1. The molecule has 2 saturated heterocycles. The molecule has 2 heterocycles. The monoisotopic (exact) mass is 280 g/mol. The number of carbonyl (C=O) groups excluding carboxylic acids is 1. The molecule has 0 aromatic heterocycles. The fraction of sp³-hybridized carbons (Fsp3) is 0.938. The van der Waals surface area contributed by atoms with E-state index in [1.807, 2.05) is 0 Å². The number of hydrogen-bond acceptors (Lipinski definition) is 3. The average molecular weight is 280 g/mol. The van der Waals surface area contributed by atoms with Gasteiger partial charge in [-0.25, -0.2) is 0 Å². The second-order valence-corrected chi connectivity index (χ2v) is 8.17. The number of amides is 1. The summed E-state index contributed by atoms with van der Waals surface area (Å²) >= 11 is 0. The first-order chi connectivity index (χ1) is 9.37. The van der Waals surface area contributed by atoms with E-state index in [-0.39, 0.29) is 6.04 Å². The van der Waals surface area contributed by atoms with Crippen LogP contribution in [-0.2, 0) is 9.53 Å². The van der Waals surface area contributed by atoms with Crippen LogP contribution in [0, 0.1) is 10.8 Å². The van der Waals surface area contributed by atoms with Crippen molar-refractivity contribution in [3.8, 4) is 0 Å². The molecule has 20 heavy (non-hydrogen) atoms. The lowest BCUT2D eigenvalue weighted by atomic mass is 9.65. The Bertz CT molecular complexity index is 390. The van der Waals surface area contributed by atoms with Gasteiger partial charge in [-0.1, -0.05) is 20.8 Å². The minimum absolute atomic E-state index is 0.206. The number of rotatable bonds is 2. The van der Waals surface area contributed by atoms with Crippen molar-refractivity contribution in [3.63, 3.8) is 0 Å². The van der Waals surface area contributed by atoms with Crippen LogP contribution in [0.2, 0.25) is 0 Å². The molecule has 3 unspecified atom stereocenters. The molecule has 0 aromatic rings. The molecular weight excluding hydrogens is 252 g/mol. The van der Waals surface area contributed by atoms with Gasteiger partial charge >= 0.3 is 0 Å². The van der Waals surface area contributed by atoms with Crippen LogP contribution in [0.5, 0.6) is 0 Å². The molecule has 1 N–H and O–H groups in total. The second-order valence-electron chi connectivity index (χ2n) is 8.17. The van der Waals surface area contributed by atoms with Crippen molar-refractivity contribution in [1.29, 1.82) is 0 Å². The SMILES string of the molecule is CC1(C)CC2CC(C)(CN2C(=O)CC2COCCN2)C1. The average Bonchev–Trinajstić information content (AvgIpc) is 2.60. The number of hydrogen-bond donors (Lipinski definition) is 1. The number of likely N-dealkylation sites (tertiary alicyclic amines) is 1. The van der Waals surface area contributed by atoms with E-state index in [9.17, 15) is 4.79 Å². The van der Waals surface area contributed by atoms with Crippen molar-refractivity contribution < 1.29 is 9.53 Å². The molecule has 2 bridgehead atoms. The number of nitrogens with zero attached hydrogens (tertiary/aromatic N) is 1. The van der Waals surface area contributed by atoms with Crippen molar-refractivity contribution in [3.05, 3.63) is 0 Å². The summed E-state index contributed by atoms with van der Waals surface area (Å²) in [5, 5.41) is 3.39. The Balaban J connectivity index is 1.64. The molecule has 4 heteroatoms. The van der Waals surface area contributed by atoms with Crippen LogP contribution in [0.25, 0.3) is 0 Å². The highest BCUT2D eigenvalue weighted by Gasteiger charge is 2.50. The van der Waals surface area contributed by atoms with Crippen LogP contribution in [0.1, 0.15) is 46.5 Å². The normalized spacial score (nSPS) is 39.9. The Morgan fingerprint density at radius 1 is 1.35 bits per heavy atom. The largest absolute Gasteiger partial charge is 0.378 e. The molecule has 1 saturated carbocycles. The maximum Gasteiger partial charge on any atom is 0.224 e. The highest BCUT2D eigenvalue weighted by Crippen LogP contribution is 2.52. The van der Waals surface area contributed by atoms with E-state index >= 15 is 0 Å². The van der Waals surface area contributed by atoms with Crippen LogP contribution in [-0.4, -0.2) is 49.2 Å². The van der Waals surface area contributed by atoms with E-state index in [1.54, 1.807) is 0 Å². The first kappa shape index (κ1) is 14.3. The Kier molecular flexibility index (Phi) is 3.57. The molecule has 1 amide bonds. The van der Waals surface area contributed by atoms with Crippen molar-refractivity contribution in [2.75, 3.05) is 26.3 Å². The third-order valence-corrected chi connectivity index (χ3v) is 5.15. The summed E-state index contributed by atoms with van der Waals surface area (Å²) in [6.45, 7) is 10.3. The van der Waals surface area contributed by atoms with Crippen LogP contribution in [0.3, 0.4) is 0 Å². The summed E-state index contributed by atoms with van der Waals surface area (Å²) < 4.78 is 5.45. The zero-order chi connectivity index (χ0) is 14.4. The topological polar surface area (TPSA) is 41.6 Å². The maximum absolute atomic E-state index is 12.6. The third kappa shape index (κ3) is 2.86. The number of carbonyl (C=O) groups is 1. The minimum atomic E-state index is 0.206. The Morgan fingerprint density at radius 3 is 2.85 bits per heavy atom. The van der Waals surface area contributed by atoms with Gasteiger partial charge in [0.1, 0.15) is 0 Å². The van der Waals surface area contributed by atoms with Gasteiger partial charge in [-0.15, -0.1) is 0 Å². The summed E-state index contributed by atoms with van der Waals surface area (Å²) in [5.41, 5.74) is 0.706. The Morgan fingerprint density at radius 2 is 2.15 bits per heavy atom. The number of nitrogens with one attached hydrogen (secondary N) is 1. The molecule has 0 radical (unpaired) electrons. The molecule has 2 aliphatic heterocycles. The van der Waals surface area contributed by atoms with Crippen molar-refractivity contribution >= 4 is 5.91 Å². The van der Waals surface area contributed by atoms with Gasteiger partial charge in [0, 0.05) is 31.6 Å². The Labute approximate surface area is 122 Å². The molecule has 114 valence electrons. The lowest BCUT2D eigenvalue weighted by Crippen LogP contribution is -2.46. The van der Waals surface area contributed by atoms with Gasteiger partial charge in [0.2, 0.25) is 5.91 Å². The lowest BCUT2D eigenvalue weighted by molar-refractivity contribution is -0.133. The van der Waals surface area contributed by atoms with Gasteiger partial charge < -0.3 is 15.0 Å². The maximum atomic E-state index is 12.6. The number of morpholine rings is 1. The van der Waals surface area contributed by atoms with Gasteiger partial charge in [-0.3, -0.25) is 4.79 Å². The van der Waals surface area contributed by atoms with Crippen LogP contribution in [0.4, 0.5) is 0 Å². The summed E-state index contributed by atoms with van der Waals surface area (Å²) in [7, 11) is 0. The predicted molar refractivity (Wildman–Crippen MR) is 78.5 cm³/mol. The molecule has 0 spiro atoms. The van der Waals surface area contributed by atoms with Gasteiger partial charge in [0.05, 0.1) is 13.2 Å². The first-order valence-electron chi connectivity index (χ1n) is 7.98. The van der Waals surface area contributed by atoms with E-state index in [0.29, 0.717) is 35.8 Å². The standard InChI is InChI=1S/C16H28N2O2/c1-15(2)7-13-8-16(3,10-15)11-18(13)14(19)6-12-9-20-5-4-17-12/h12-13,17H,4-11H2,1-3H3. The number of fused-ring (bicyclic) bond motifs is 2. The van der Waals surface area contributed by atoms with Gasteiger partial charge in [0.25, 0.3) is 0 Å². The fourth-order valence-corrected chi connectivity index (χ4v) is 4.83. The van der Waals surface area contributed by atoms with Crippen molar-refractivity contribution in [1.82, 2.24) is 10.2 Å². The number of ether oxygens (including phenoxy) is 1. The van der Waals surface area contributed by atoms with E-state index in [1.165, 1.54) is 12.8 Å². The molecular formula is C16H28N2O2. The summed E-state index contributed by atoms with van der Waals surface area (Å²) in [6, 6.07) is 0.665. The lowest BCUT2D eigenvalue weighted by Gasteiger charge is -2.39. The van der Waals surface area contributed by atoms with Crippen molar-refractivity contribution in [2.45, 2.75) is 58.5 Å². The molecule has 3 fully saturated rings. The predicted octanol–water partition coefficient (Wildman–Crippen LogP) is 1.79. The van der Waals surface area contributed by atoms with Crippen LogP contribution < -0.4 is 5.32 Å². The van der Waals surface area contributed by atoms with E-state index in [0.717, 1.165) is 26.1 Å².